The van der Waals surface area contributed by atoms with E-state index in [1.54, 1.807) is 14.2 Å². The van der Waals surface area contributed by atoms with E-state index in [4.69, 9.17) is 9.47 Å². The van der Waals surface area contributed by atoms with Crippen LogP contribution in [0.4, 0.5) is 0 Å². The number of hydrogen-bond acceptors (Lipinski definition) is 4. The summed E-state index contributed by atoms with van der Waals surface area (Å²) in [6.45, 7) is 1.06. The molecule has 2 aliphatic carbocycles. The standard InChI is InChI=1S/C20H27NO3/c1-21-9-8-20(7-6-15(22)12-18(20)21)14-10-16(13-4-5-13)19(24-3)17(11-14)23-2/h10-11,13,18H,4-9,12H2,1-3H3/t18?,20-/m0/s1. The Kier molecular flexibility index (Phi) is 3.83. The minimum atomic E-state index is 0.0891. The Labute approximate surface area is 144 Å². The molecule has 4 rings (SSSR count). The number of carbonyl (C=O) groups is 1. The lowest BCUT2D eigenvalue weighted by Crippen LogP contribution is -2.46. The Bertz CT molecular complexity index is 667. The molecule has 1 aliphatic heterocycles. The van der Waals surface area contributed by atoms with E-state index in [0.717, 1.165) is 30.9 Å². The number of benzene rings is 1. The molecule has 0 bridgehead atoms. The molecule has 130 valence electrons. The van der Waals surface area contributed by atoms with Gasteiger partial charge in [-0.25, -0.2) is 0 Å². The summed E-state index contributed by atoms with van der Waals surface area (Å²) in [5.74, 6) is 2.76. The molecule has 3 fully saturated rings. The number of fused-ring (bicyclic) bond motifs is 1. The minimum absolute atomic E-state index is 0.0891. The molecule has 0 radical (unpaired) electrons. The predicted octanol–water partition coefficient (Wildman–Crippen LogP) is 3.28. The molecule has 0 amide bonds. The second kappa shape index (κ2) is 5.76. The average Bonchev–Trinajstić information content (AvgIpc) is 3.39. The van der Waals surface area contributed by atoms with E-state index in [2.05, 4.69) is 24.1 Å². The maximum absolute atomic E-state index is 12.1. The Hall–Kier alpha value is -1.55. The van der Waals surface area contributed by atoms with E-state index in [-0.39, 0.29) is 5.41 Å². The quantitative estimate of drug-likeness (QED) is 0.850. The molecule has 0 N–H and O–H groups in total. The van der Waals surface area contributed by atoms with Crippen molar-refractivity contribution in [2.45, 2.75) is 55.9 Å². The van der Waals surface area contributed by atoms with Crippen LogP contribution in [0, 0.1) is 0 Å². The summed E-state index contributed by atoms with van der Waals surface area (Å²) in [7, 11) is 5.61. The minimum Gasteiger partial charge on any atom is -0.493 e. The zero-order valence-electron chi connectivity index (χ0n) is 14.9. The maximum Gasteiger partial charge on any atom is 0.164 e. The van der Waals surface area contributed by atoms with Crippen LogP contribution in [0.3, 0.4) is 0 Å². The Morgan fingerprint density at radius 2 is 1.96 bits per heavy atom. The molecule has 2 atom stereocenters. The first-order valence-corrected chi connectivity index (χ1v) is 9.07. The highest BCUT2D eigenvalue weighted by Gasteiger charge is 2.50. The van der Waals surface area contributed by atoms with Crippen LogP contribution in [0.2, 0.25) is 0 Å². The number of likely N-dealkylation sites (tertiary alicyclic amines) is 1. The molecule has 2 saturated carbocycles. The monoisotopic (exact) mass is 329 g/mol. The van der Waals surface area contributed by atoms with Crippen LogP contribution in [0.5, 0.6) is 11.5 Å². The Balaban J connectivity index is 1.83. The summed E-state index contributed by atoms with van der Waals surface area (Å²) in [4.78, 5) is 14.4. The molecular weight excluding hydrogens is 302 g/mol. The second-order valence-corrected chi connectivity index (χ2v) is 7.72. The van der Waals surface area contributed by atoms with Crippen molar-refractivity contribution in [1.82, 2.24) is 4.90 Å². The summed E-state index contributed by atoms with van der Waals surface area (Å²) >= 11 is 0. The summed E-state index contributed by atoms with van der Waals surface area (Å²) in [6.07, 6.45) is 5.94. The number of nitrogens with zero attached hydrogens (tertiary/aromatic N) is 1. The summed E-state index contributed by atoms with van der Waals surface area (Å²) in [5.41, 5.74) is 2.74. The van der Waals surface area contributed by atoms with Gasteiger partial charge in [-0.1, -0.05) is 6.07 Å². The zero-order chi connectivity index (χ0) is 16.9. The van der Waals surface area contributed by atoms with Crippen molar-refractivity contribution in [3.63, 3.8) is 0 Å². The van der Waals surface area contributed by atoms with Gasteiger partial charge in [0, 0.05) is 29.9 Å². The SMILES string of the molecule is COc1cc([C@@]23CCC(=O)CC2N(C)CC3)cc(C2CC2)c1OC. The fourth-order valence-corrected chi connectivity index (χ4v) is 4.90. The molecule has 1 unspecified atom stereocenters. The van der Waals surface area contributed by atoms with Crippen LogP contribution in [0.25, 0.3) is 0 Å². The molecule has 3 aliphatic rings. The van der Waals surface area contributed by atoms with Crippen molar-refractivity contribution in [2.24, 2.45) is 0 Å². The van der Waals surface area contributed by atoms with Crippen LogP contribution in [-0.2, 0) is 10.2 Å². The lowest BCUT2D eigenvalue weighted by Gasteiger charge is -2.41. The van der Waals surface area contributed by atoms with Gasteiger partial charge in [0.15, 0.2) is 11.5 Å². The number of ether oxygens (including phenoxy) is 2. The average molecular weight is 329 g/mol. The van der Waals surface area contributed by atoms with Crippen LogP contribution < -0.4 is 9.47 Å². The van der Waals surface area contributed by atoms with Crippen molar-refractivity contribution in [1.29, 1.82) is 0 Å². The highest BCUT2D eigenvalue weighted by Crippen LogP contribution is 2.53. The fraction of sp³-hybridized carbons (Fsp3) is 0.650. The van der Waals surface area contributed by atoms with Gasteiger partial charge in [-0.05, 0) is 56.8 Å². The lowest BCUT2D eigenvalue weighted by atomic mass is 9.65. The molecular formula is C20H27NO3. The lowest BCUT2D eigenvalue weighted by molar-refractivity contribution is -0.122. The summed E-state index contributed by atoms with van der Waals surface area (Å²) in [5, 5.41) is 0. The first kappa shape index (κ1) is 15.9. The van der Waals surface area contributed by atoms with Crippen LogP contribution in [-0.4, -0.2) is 44.5 Å². The highest BCUT2D eigenvalue weighted by molar-refractivity contribution is 5.81. The van der Waals surface area contributed by atoms with Crippen molar-refractivity contribution >= 4 is 5.78 Å². The van der Waals surface area contributed by atoms with E-state index in [1.807, 2.05) is 0 Å². The van der Waals surface area contributed by atoms with E-state index in [0.29, 0.717) is 30.6 Å². The van der Waals surface area contributed by atoms with Gasteiger partial charge in [0.2, 0.25) is 0 Å². The van der Waals surface area contributed by atoms with E-state index < -0.39 is 0 Å². The first-order valence-electron chi connectivity index (χ1n) is 9.07. The number of Topliss-reactive ketones (excluding diaryl/α,β-unsaturated/α-hetero) is 1. The van der Waals surface area contributed by atoms with Crippen molar-refractivity contribution in [2.75, 3.05) is 27.8 Å². The molecule has 0 spiro atoms. The van der Waals surface area contributed by atoms with E-state index >= 15 is 0 Å². The summed E-state index contributed by atoms with van der Waals surface area (Å²) in [6, 6.07) is 4.86. The third kappa shape index (κ3) is 2.34. The molecule has 24 heavy (non-hydrogen) atoms. The number of carbonyl (C=O) groups excluding carboxylic acids is 1. The molecule has 4 nitrogen and oxygen atoms in total. The number of hydrogen-bond donors (Lipinski definition) is 0. The van der Waals surface area contributed by atoms with Crippen molar-refractivity contribution in [3.8, 4) is 11.5 Å². The first-order chi connectivity index (χ1) is 11.6. The van der Waals surface area contributed by atoms with Gasteiger partial charge in [0.25, 0.3) is 0 Å². The number of rotatable bonds is 4. The van der Waals surface area contributed by atoms with Crippen LogP contribution in [0.15, 0.2) is 12.1 Å². The maximum atomic E-state index is 12.1. The number of ketones is 1. The van der Waals surface area contributed by atoms with Gasteiger partial charge in [-0.2, -0.15) is 0 Å². The van der Waals surface area contributed by atoms with Crippen LogP contribution in [0.1, 0.15) is 55.6 Å². The van der Waals surface area contributed by atoms with Crippen LogP contribution >= 0.6 is 0 Å². The zero-order valence-corrected chi connectivity index (χ0v) is 14.9. The van der Waals surface area contributed by atoms with E-state index in [9.17, 15) is 4.79 Å². The largest absolute Gasteiger partial charge is 0.493 e. The Morgan fingerprint density at radius 1 is 1.17 bits per heavy atom. The highest BCUT2D eigenvalue weighted by atomic mass is 16.5. The molecule has 1 saturated heterocycles. The van der Waals surface area contributed by atoms with Gasteiger partial charge in [0.05, 0.1) is 14.2 Å². The predicted molar refractivity (Wildman–Crippen MR) is 93.1 cm³/mol. The third-order valence-electron chi connectivity index (χ3n) is 6.45. The van der Waals surface area contributed by atoms with Gasteiger partial charge < -0.3 is 14.4 Å². The van der Waals surface area contributed by atoms with Crippen molar-refractivity contribution in [3.05, 3.63) is 23.3 Å². The Morgan fingerprint density at radius 3 is 2.62 bits per heavy atom. The molecule has 1 aromatic rings. The topological polar surface area (TPSA) is 38.8 Å². The fourth-order valence-electron chi connectivity index (χ4n) is 4.90. The van der Waals surface area contributed by atoms with Crippen molar-refractivity contribution < 1.29 is 14.3 Å². The smallest absolute Gasteiger partial charge is 0.164 e. The molecule has 1 aromatic carbocycles. The summed E-state index contributed by atoms with van der Waals surface area (Å²) < 4.78 is 11.3. The van der Waals surface area contributed by atoms with Gasteiger partial charge in [-0.15, -0.1) is 0 Å². The molecule has 4 heteroatoms. The third-order valence-corrected chi connectivity index (χ3v) is 6.45. The number of methoxy groups -OCH3 is 2. The van der Waals surface area contributed by atoms with Gasteiger partial charge >= 0.3 is 0 Å². The second-order valence-electron chi connectivity index (χ2n) is 7.72. The number of likely N-dealkylation sites (N-methyl/N-ethyl adjacent to an activating group) is 1. The van der Waals surface area contributed by atoms with Gasteiger partial charge in [0.1, 0.15) is 5.78 Å². The molecule has 0 aromatic heterocycles. The van der Waals surface area contributed by atoms with Gasteiger partial charge in [-0.3, -0.25) is 4.79 Å². The normalized spacial score (nSPS) is 30.3. The molecule has 1 heterocycles. The van der Waals surface area contributed by atoms with E-state index in [1.165, 1.54) is 24.0 Å².